The molecule has 2 aromatic heterocycles. The maximum Gasteiger partial charge on any atom is 0.316 e. The summed E-state index contributed by atoms with van der Waals surface area (Å²) in [5, 5.41) is 5.60. The standard InChI is InChI=1S/C18H21FN6O2/c1-24-8-6-20-16(24)15(17-21-7-9-25(17)2)23-18(26)22-11-12-10-13(19)4-5-14(12)27-3/h4-10,15H,11H2,1-3H3,(H2,22,23,26). The van der Waals surface area contributed by atoms with Crippen LogP contribution in [-0.2, 0) is 20.6 Å². The van der Waals surface area contributed by atoms with Crippen LogP contribution in [0.5, 0.6) is 5.75 Å². The van der Waals surface area contributed by atoms with Gasteiger partial charge < -0.3 is 24.5 Å². The first-order valence-electron chi connectivity index (χ1n) is 8.30. The molecule has 0 saturated heterocycles. The van der Waals surface area contributed by atoms with Crippen LogP contribution in [0.1, 0.15) is 23.3 Å². The molecule has 0 radical (unpaired) electrons. The first kappa shape index (κ1) is 18.4. The number of hydrogen-bond donors (Lipinski definition) is 2. The Kier molecular flexibility index (Phi) is 5.39. The van der Waals surface area contributed by atoms with E-state index in [0.717, 1.165) is 0 Å². The summed E-state index contributed by atoms with van der Waals surface area (Å²) in [7, 11) is 5.18. The number of amides is 2. The Morgan fingerprint density at radius 2 is 1.81 bits per heavy atom. The Morgan fingerprint density at radius 1 is 1.19 bits per heavy atom. The number of rotatable bonds is 6. The normalized spacial score (nSPS) is 10.9. The number of aryl methyl sites for hydroxylation is 2. The number of benzene rings is 1. The van der Waals surface area contributed by atoms with Gasteiger partial charge in [0.2, 0.25) is 0 Å². The first-order valence-corrected chi connectivity index (χ1v) is 8.30. The number of urea groups is 1. The third kappa shape index (κ3) is 4.08. The highest BCUT2D eigenvalue weighted by molar-refractivity contribution is 5.74. The van der Waals surface area contributed by atoms with Gasteiger partial charge in [0, 0.05) is 51.0 Å². The molecular weight excluding hydrogens is 351 g/mol. The van der Waals surface area contributed by atoms with Gasteiger partial charge in [-0.3, -0.25) is 0 Å². The molecule has 3 rings (SSSR count). The van der Waals surface area contributed by atoms with E-state index in [1.807, 2.05) is 23.2 Å². The Morgan fingerprint density at radius 3 is 2.33 bits per heavy atom. The van der Waals surface area contributed by atoms with Crippen molar-refractivity contribution in [2.24, 2.45) is 14.1 Å². The largest absolute Gasteiger partial charge is 0.496 e. The summed E-state index contributed by atoms with van der Waals surface area (Å²) in [5.74, 6) is 1.39. The fraction of sp³-hybridized carbons (Fsp3) is 0.278. The van der Waals surface area contributed by atoms with Crippen LogP contribution < -0.4 is 15.4 Å². The number of carbonyl (C=O) groups excluding carboxylic acids is 1. The average molecular weight is 372 g/mol. The lowest BCUT2D eigenvalue weighted by atomic mass is 10.2. The summed E-state index contributed by atoms with van der Waals surface area (Å²) in [6.07, 6.45) is 6.90. The molecule has 2 amide bonds. The van der Waals surface area contributed by atoms with Crippen molar-refractivity contribution in [2.75, 3.05) is 7.11 Å². The van der Waals surface area contributed by atoms with E-state index in [0.29, 0.717) is 23.0 Å². The minimum absolute atomic E-state index is 0.112. The average Bonchev–Trinajstić information content (AvgIpc) is 3.26. The zero-order valence-corrected chi connectivity index (χ0v) is 15.3. The summed E-state index contributed by atoms with van der Waals surface area (Å²) in [6.45, 7) is 0.112. The van der Waals surface area contributed by atoms with E-state index in [4.69, 9.17) is 4.74 Å². The summed E-state index contributed by atoms with van der Waals surface area (Å²) in [4.78, 5) is 21.1. The molecule has 0 spiro atoms. The minimum Gasteiger partial charge on any atom is -0.496 e. The fourth-order valence-corrected chi connectivity index (χ4v) is 2.80. The van der Waals surface area contributed by atoms with Crippen LogP contribution in [0.4, 0.5) is 9.18 Å². The van der Waals surface area contributed by atoms with Crippen molar-refractivity contribution < 1.29 is 13.9 Å². The van der Waals surface area contributed by atoms with Gasteiger partial charge in [-0.25, -0.2) is 19.2 Å². The molecule has 0 atom stereocenters. The van der Waals surface area contributed by atoms with E-state index in [1.165, 1.54) is 25.3 Å². The second-order valence-electron chi connectivity index (χ2n) is 6.01. The van der Waals surface area contributed by atoms with Crippen molar-refractivity contribution in [3.05, 3.63) is 66.0 Å². The number of hydrogen-bond acceptors (Lipinski definition) is 4. The highest BCUT2D eigenvalue weighted by Crippen LogP contribution is 2.20. The van der Waals surface area contributed by atoms with Gasteiger partial charge in [-0.15, -0.1) is 0 Å². The number of imidazole rings is 2. The van der Waals surface area contributed by atoms with Crippen LogP contribution in [-0.4, -0.2) is 32.2 Å². The lowest BCUT2D eigenvalue weighted by Gasteiger charge is -2.19. The highest BCUT2D eigenvalue weighted by Gasteiger charge is 2.24. The molecule has 0 aliphatic carbocycles. The van der Waals surface area contributed by atoms with Gasteiger partial charge in [-0.1, -0.05) is 0 Å². The van der Waals surface area contributed by atoms with E-state index < -0.39 is 17.9 Å². The van der Waals surface area contributed by atoms with Gasteiger partial charge in [0.15, 0.2) is 0 Å². The third-order valence-corrected chi connectivity index (χ3v) is 4.19. The zero-order valence-electron chi connectivity index (χ0n) is 15.3. The quantitative estimate of drug-likeness (QED) is 0.692. The number of methoxy groups -OCH3 is 1. The van der Waals surface area contributed by atoms with Crippen LogP contribution in [0.15, 0.2) is 43.0 Å². The maximum absolute atomic E-state index is 13.5. The number of aromatic nitrogens is 4. The molecule has 142 valence electrons. The van der Waals surface area contributed by atoms with Crippen molar-refractivity contribution in [1.82, 2.24) is 29.7 Å². The van der Waals surface area contributed by atoms with Crippen molar-refractivity contribution in [3.8, 4) is 5.75 Å². The maximum atomic E-state index is 13.5. The van der Waals surface area contributed by atoms with Gasteiger partial charge in [0.25, 0.3) is 0 Å². The number of nitrogens with one attached hydrogen (secondary N) is 2. The SMILES string of the molecule is COc1ccc(F)cc1CNC(=O)NC(c1nccn1C)c1nccn1C. The number of halogens is 1. The molecule has 0 aliphatic heterocycles. The molecular formula is C18H21FN6O2. The molecule has 0 saturated carbocycles. The van der Waals surface area contributed by atoms with Crippen molar-refractivity contribution in [1.29, 1.82) is 0 Å². The van der Waals surface area contributed by atoms with Crippen LogP contribution in [0.2, 0.25) is 0 Å². The molecule has 1 aromatic carbocycles. The number of carbonyl (C=O) groups is 1. The second-order valence-corrected chi connectivity index (χ2v) is 6.01. The lowest BCUT2D eigenvalue weighted by molar-refractivity contribution is 0.237. The summed E-state index contributed by atoms with van der Waals surface area (Å²) in [6, 6.07) is 3.18. The monoisotopic (exact) mass is 372 g/mol. The van der Waals surface area contributed by atoms with Crippen LogP contribution >= 0.6 is 0 Å². The van der Waals surface area contributed by atoms with Crippen molar-refractivity contribution >= 4 is 6.03 Å². The molecule has 27 heavy (non-hydrogen) atoms. The molecule has 8 nitrogen and oxygen atoms in total. The Labute approximate surface area is 156 Å². The predicted octanol–water partition coefficient (Wildman–Crippen LogP) is 1.89. The van der Waals surface area contributed by atoms with Gasteiger partial charge in [-0.05, 0) is 18.2 Å². The molecule has 9 heteroatoms. The second kappa shape index (κ2) is 7.90. The molecule has 3 aromatic rings. The van der Waals surface area contributed by atoms with Gasteiger partial charge in [0.1, 0.15) is 29.3 Å². The van der Waals surface area contributed by atoms with Crippen LogP contribution in [0.25, 0.3) is 0 Å². The van der Waals surface area contributed by atoms with Crippen LogP contribution in [0.3, 0.4) is 0 Å². The first-order chi connectivity index (χ1) is 13.0. The molecule has 0 fully saturated rings. The predicted molar refractivity (Wildman–Crippen MR) is 96.6 cm³/mol. The Balaban J connectivity index is 1.75. The summed E-state index contributed by atoms with van der Waals surface area (Å²) < 4.78 is 22.3. The summed E-state index contributed by atoms with van der Waals surface area (Å²) in [5.41, 5.74) is 0.540. The number of nitrogens with zero attached hydrogens (tertiary/aromatic N) is 4. The third-order valence-electron chi connectivity index (χ3n) is 4.19. The molecule has 0 aliphatic rings. The van der Waals surface area contributed by atoms with Gasteiger partial charge in [0.05, 0.1) is 7.11 Å². The van der Waals surface area contributed by atoms with E-state index in [-0.39, 0.29) is 6.54 Å². The Hall–Kier alpha value is -3.36. The van der Waals surface area contributed by atoms with Gasteiger partial charge in [-0.2, -0.15) is 0 Å². The van der Waals surface area contributed by atoms with Crippen LogP contribution in [0, 0.1) is 5.82 Å². The van der Waals surface area contributed by atoms with E-state index in [9.17, 15) is 9.18 Å². The zero-order chi connectivity index (χ0) is 19.4. The number of ether oxygens (including phenoxy) is 1. The van der Waals surface area contributed by atoms with Crippen molar-refractivity contribution in [3.63, 3.8) is 0 Å². The fourth-order valence-electron chi connectivity index (χ4n) is 2.80. The van der Waals surface area contributed by atoms with E-state index in [2.05, 4.69) is 20.6 Å². The minimum atomic E-state index is -0.542. The molecule has 0 unspecified atom stereocenters. The van der Waals surface area contributed by atoms with Crippen molar-refractivity contribution in [2.45, 2.75) is 12.6 Å². The van der Waals surface area contributed by atoms with E-state index >= 15 is 0 Å². The van der Waals surface area contributed by atoms with Gasteiger partial charge >= 0.3 is 6.03 Å². The lowest BCUT2D eigenvalue weighted by Crippen LogP contribution is -2.39. The molecule has 2 heterocycles. The summed E-state index contributed by atoms with van der Waals surface area (Å²) >= 11 is 0. The smallest absolute Gasteiger partial charge is 0.316 e. The Bertz CT molecular complexity index is 895. The highest BCUT2D eigenvalue weighted by atomic mass is 19.1. The van der Waals surface area contributed by atoms with E-state index in [1.54, 1.807) is 24.8 Å². The topological polar surface area (TPSA) is 86.0 Å². The molecule has 0 bridgehead atoms. The molecule has 2 N–H and O–H groups in total.